The van der Waals surface area contributed by atoms with E-state index in [2.05, 4.69) is 0 Å². The lowest BCUT2D eigenvalue weighted by atomic mass is 10.1. The van der Waals surface area contributed by atoms with Crippen molar-refractivity contribution in [2.24, 2.45) is 0 Å². The van der Waals surface area contributed by atoms with Crippen LogP contribution in [0.3, 0.4) is 0 Å². The molecule has 0 radical (unpaired) electrons. The molecule has 0 aliphatic carbocycles. The zero-order valence-corrected chi connectivity index (χ0v) is 11.4. The summed E-state index contributed by atoms with van der Waals surface area (Å²) < 4.78 is 24.4. The molecule has 2 aromatic rings. The van der Waals surface area contributed by atoms with Gasteiger partial charge in [0.15, 0.2) is 17.3 Å². The van der Waals surface area contributed by atoms with E-state index in [-0.39, 0.29) is 18.1 Å². The molecule has 0 saturated carbocycles. The maximum absolute atomic E-state index is 13.8. The van der Waals surface area contributed by atoms with Gasteiger partial charge in [0.25, 0.3) is 0 Å². The van der Waals surface area contributed by atoms with Gasteiger partial charge in [-0.3, -0.25) is 4.79 Å². The maximum Gasteiger partial charge on any atom is 0.165 e. The van der Waals surface area contributed by atoms with Gasteiger partial charge in [-0.25, -0.2) is 4.39 Å². The van der Waals surface area contributed by atoms with Crippen molar-refractivity contribution in [3.05, 3.63) is 59.4 Å². The number of ketones is 1. The monoisotopic (exact) mass is 274 g/mol. The number of carbonyl (C=O) groups is 1. The average molecular weight is 274 g/mol. The lowest BCUT2D eigenvalue weighted by Crippen LogP contribution is -2.01. The summed E-state index contributed by atoms with van der Waals surface area (Å²) in [6.45, 7) is 1.59. The van der Waals surface area contributed by atoms with E-state index in [0.29, 0.717) is 11.3 Å². The van der Waals surface area contributed by atoms with Crippen molar-refractivity contribution in [3.8, 4) is 11.5 Å². The zero-order valence-electron chi connectivity index (χ0n) is 11.4. The fourth-order valence-electron chi connectivity index (χ4n) is 1.81. The second-order valence-corrected chi connectivity index (χ2v) is 4.30. The van der Waals surface area contributed by atoms with Gasteiger partial charge in [-0.05, 0) is 31.2 Å². The summed E-state index contributed by atoms with van der Waals surface area (Å²) >= 11 is 0. The van der Waals surface area contributed by atoms with Gasteiger partial charge >= 0.3 is 0 Å². The highest BCUT2D eigenvalue weighted by atomic mass is 19.1. The minimum atomic E-state index is -0.549. The van der Waals surface area contributed by atoms with Gasteiger partial charge in [0.2, 0.25) is 0 Å². The molecule has 2 rings (SSSR count). The number of para-hydroxylation sites is 1. The third kappa shape index (κ3) is 3.15. The molecule has 0 unspecified atom stereocenters. The van der Waals surface area contributed by atoms with E-state index in [1.165, 1.54) is 19.1 Å². The molecule has 0 saturated heterocycles. The van der Waals surface area contributed by atoms with Crippen LogP contribution in [-0.2, 0) is 6.61 Å². The third-order valence-corrected chi connectivity index (χ3v) is 2.91. The van der Waals surface area contributed by atoms with Crippen LogP contribution in [0.5, 0.6) is 11.5 Å². The molecule has 0 N–H and O–H groups in total. The minimum absolute atomic E-state index is 0.112. The summed E-state index contributed by atoms with van der Waals surface area (Å²) in [5, 5.41) is 0. The summed E-state index contributed by atoms with van der Waals surface area (Å²) in [4.78, 5) is 11.1. The Balaban J connectivity index is 2.13. The van der Waals surface area contributed by atoms with Crippen LogP contribution >= 0.6 is 0 Å². The van der Waals surface area contributed by atoms with Crippen LogP contribution in [0.1, 0.15) is 22.8 Å². The third-order valence-electron chi connectivity index (χ3n) is 2.91. The first-order chi connectivity index (χ1) is 9.61. The van der Waals surface area contributed by atoms with Crippen LogP contribution in [0.2, 0.25) is 0 Å². The van der Waals surface area contributed by atoms with E-state index in [0.717, 1.165) is 5.56 Å². The SMILES string of the molecule is COc1ccccc1COc1ccc(C(C)=O)cc1F. The predicted molar refractivity (Wildman–Crippen MR) is 73.7 cm³/mol. The van der Waals surface area contributed by atoms with Crippen molar-refractivity contribution < 1.29 is 18.7 Å². The molecule has 3 nitrogen and oxygen atoms in total. The zero-order chi connectivity index (χ0) is 14.5. The Bertz CT molecular complexity index is 623. The van der Waals surface area contributed by atoms with E-state index in [9.17, 15) is 9.18 Å². The minimum Gasteiger partial charge on any atom is -0.496 e. The van der Waals surface area contributed by atoms with E-state index in [4.69, 9.17) is 9.47 Å². The second-order valence-electron chi connectivity index (χ2n) is 4.30. The van der Waals surface area contributed by atoms with E-state index >= 15 is 0 Å². The highest BCUT2D eigenvalue weighted by Crippen LogP contribution is 2.23. The Hall–Kier alpha value is -2.36. The lowest BCUT2D eigenvalue weighted by Gasteiger charge is -2.11. The van der Waals surface area contributed by atoms with Gasteiger partial charge in [-0.15, -0.1) is 0 Å². The maximum atomic E-state index is 13.8. The van der Waals surface area contributed by atoms with Gasteiger partial charge in [-0.1, -0.05) is 18.2 Å². The number of halogens is 1. The van der Waals surface area contributed by atoms with Gasteiger partial charge < -0.3 is 9.47 Å². The fourth-order valence-corrected chi connectivity index (χ4v) is 1.81. The Morgan fingerprint density at radius 3 is 2.55 bits per heavy atom. The van der Waals surface area contributed by atoms with E-state index < -0.39 is 5.82 Å². The molecule has 0 aliphatic heterocycles. The van der Waals surface area contributed by atoms with Crippen LogP contribution in [0.4, 0.5) is 4.39 Å². The highest BCUT2D eigenvalue weighted by molar-refractivity contribution is 5.94. The van der Waals surface area contributed by atoms with Gasteiger partial charge in [0, 0.05) is 11.1 Å². The lowest BCUT2D eigenvalue weighted by molar-refractivity contribution is 0.101. The topological polar surface area (TPSA) is 35.5 Å². The molecule has 0 aromatic heterocycles. The van der Waals surface area contributed by atoms with E-state index in [1.807, 2.05) is 24.3 Å². The number of rotatable bonds is 5. The molecule has 0 spiro atoms. The van der Waals surface area contributed by atoms with Crippen molar-refractivity contribution in [1.29, 1.82) is 0 Å². The Morgan fingerprint density at radius 1 is 1.15 bits per heavy atom. The number of Topliss-reactive ketones (excluding diaryl/α,β-unsaturated/α-hetero) is 1. The fraction of sp³-hybridized carbons (Fsp3) is 0.188. The molecule has 0 aliphatic rings. The predicted octanol–water partition coefficient (Wildman–Crippen LogP) is 3.62. The molecule has 0 atom stereocenters. The van der Waals surface area contributed by atoms with E-state index in [1.54, 1.807) is 13.2 Å². The first-order valence-electron chi connectivity index (χ1n) is 6.17. The number of carbonyl (C=O) groups excluding carboxylic acids is 1. The van der Waals surface area contributed by atoms with Gasteiger partial charge in [0.05, 0.1) is 7.11 Å². The van der Waals surface area contributed by atoms with Gasteiger partial charge in [-0.2, -0.15) is 0 Å². The normalized spacial score (nSPS) is 10.2. The summed E-state index contributed by atoms with van der Waals surface area (Å²) in [7, 11) is 1.57. The molecule has 0 fully saturated rings. The summed E-state index contributed by atoms with van der Waals surface area (Å²) in [5.41, 5.74) is 1.15. The quantitative estimate of drug-likeness (QED) is 0.781. The van der Waals surface area contributed by atoms with Crippen molar-refractivity contribution >= 4 is 5.78 Å². The van der Waals surface area contributed by atoms with Crippen LogP contribution in [0.25, 0.3) is 0 Å². The number of hydrogen-bond donors (Lipinski definition) is 0. The summed E-state index contributed by atoms with van der Waals surface area (Å²) in [5.74, 6) is 0.0712. The van der Waals surface area contributed by atoms with Crippen LogP contribution in [-0.4, -0.2) is 12.9 Å². The van der Waals surface area contributed by atoms with Crippen molar-refractivity contribution in [1.82, 2.24) is 0 Å². The molecule has 4 heteroatoms. The standard InChI is InChI=1S/C16H15FO3/c1-11(18)12-7-8-16(14(17)9-12)20-10-13-5-3-4-6-15(13)19-2/h3-9H,10H2,1-2H3. The second kappa shape index (κ2) is 6.19. The Kier molecular flexibility index (Phi) is 4.35. The number of benzene rings is 2. The molecule has 2 aromatic carbocycles. The average Bonchev–Trinajstić information content (AvgIpc) is 2.46. The van der Waals surface area contributed by atoms with Crippen molar-refractivity contribution in [2.45, 2.75) is 13.5 Å². The van der Waals surface area contributed by atoms with Crippen molar-refractivity contribution in [3.63, 3.8) is 0 Å². The number of ether oxygens (including phenoxy) is 2. The summed E-state index contributed by atoms with van der Waals surface area (Å²) in [6, 6.07) is 11.6. The molecular formula is C16H15FO3. The molecule has 20 heavy (non-hydrogen) atoms. The van der Waals surface area contributed by atoms with Crippen LogP contribution < -0.4 is 9.47 Å². The molecule has 0 heterocycles. The smallest absolute Gasteiger partial charge is 0.165 e. The number of hydrogen-bond acceptors (Lipinski definition) is 3. The molecule has 0 amide bonds. The first-order valence-corrected chi connectivity index (χ1v) is 6.17. The number of methoxy groups -OCH3 is 1. The van der Waals surface area contributed by atoms with Crippen LogP contribution in [0.15, 0.2) is 42.5 Å². The van der Waals surface area contributed by atoms with Crippen LogP contribution in [0, 0.1) is 5.82 Å². The molecule has 0 bridgehead atoms. The largest absolute Gasteiger partial charge is 0.496 e. The molecular weight excluding hydrogens is 259 g/mol. The van der Waals surface area contributed by atoms with Gasteiger partial charge in [0.1, 0.15) is 12.4 Å². The summed E-state index contributed by atoms with van der Waals surface area (Å²) in [6.07, 6.45) is 0. The van der Waals surface area contributed by atoms with Crippen molar-refractivity contribution in [2.75, 3.05) is 7.11 Å². The Morgan fingerprint density at radius 2 is 1.90 bits per heavy atom. The molecule has 104 valence electrons. The first kappa shape index (κ1) is 14.1. The highest BCUT2D eigenvalue weighted by Gasteiger charge is 2.09. The Labute approximate surface area is 117 Å².